The van der Waals surface area contributed by atoms with Crippen LogP contribution in [-0.2, 0) is 32.7 Å². The highest BCUT2D eigenvalue weighted by atomic mass is 31.2. The van der Waals surface area contributed by atoms with E-state index in [4.69, 9.17) is 18.5 Å². The van der Waals surface area contributed by atoms with Crippen LogP contribution in [-0.4, -0.2) is 70.0 Å². The average molecular weight is 1040 g/mol. The molecule has 0 saturated carbocycles. The first-order valence-electron chi connectivity index (χ1n) is 27.8. The number of likely N-dealkylation sites (N-methyl/N-ethyl adjacent to an activating group) is 1. The van der Waals surface area contributed by atoms with E-state index in [1.807, 2.05) is 21.1 Å². The van der Waals surface area contributed by atoms with Crippen molar-refractivity contribution in [2.24, 2.45) is 0 Å². The van der Waals surface area contributed by atoms with Crippen LogP contribution in [0.25, 0.3) is 0 Å². The summed E-state index contributed by atoms with van der Waals surface area (Å²) in [6.45, 7) is 3.89. The van der Waals surface area contributed by atoms with Crippen LogP contribution in [0.15, 0.2) is 170 Å². The van der Waals surface area contributed by atoms with Crippen molar-refractivity contribution in [3.8, 4) is 0 Å². The molecule has 0 aliphatic rings. The SMILES string of the molecule is CC/C=C\C/C=C\C/C=C\C/C=C\C/C=C\C/C=C\C/C=C\C/C=C\C/C=C\CCCCCC(=O)OC(COC(=O)CCCCC/C=C\C/C=C\C/C=C\C/C=C\C/C=C\CC)COP(=O)([O-])OCC[N+](C)(C)C. The van der Waals surface area contributed by atoms with Crippen LogP contribution in [0.3, 0.4) is 0 Å². The number of ether oxygens (including phenoxy) is 2. The lowest BCUT2D eigenvalue weighted by atomic mass is 10.1. The Kier molecular flexibility index (Phi) is 49.9. The summed E-state index contributed by atoms with van der Waals surface area (Å²) in [7, 11) is 1.09. The Morgan fingerprint density at radius 1 is 0.419 bits per heavy atom. The second-order valence-electron chi connectivity index (χ2n) is 18.8. The van der Waals surface area contributed by atoms with Gasteiger partial charge in [-0.2, -0.15) is 0 Å². The highest BCUT2D eigenvalue weighted by molar-refractivity contribution is 7.45. The van der Waals surface area contributed by atoms with Crippen LogP contribution in [0.5, 0.6) is 0 Å². The zero-order chi connectivity index (χ0) is 54.2. The number of rotatable bonds is 48. The highest BCUT2D eigenvalue weighted by Gasteiger charge is 2.21. The summed E-state index contributed by atoms with van der Waals surface area (Å²) in [5.74, 6) is -0.929. The molecule has 0 aliphatic carbocycles. The van der Waals surface area contributed by atoms with Crippen LogP contribution in [0.4, 0.5) is 0 Å². The number of quaternary nitrogens is 1. The lowest BCUT2D eigenvalue weighted by Crippen LogP contribution is -2.37. The number of carbonyl (C=O) groups is 2. The molecule has 9 nitrogen and oxygen atoms in total. The number of hydrogen-bond acceptors (Lipinski definition) is 8. The Morgan fingerprint density at radius 3 is 1.05 bits per heavy atom. The summed E-state index contributed by atoms with van der Waals surface area (Å²) in [5.41, 5.74) is 0. The maximum absolute atomic E-state index is 12.8. The normalized spacial score (nSPS) is 14.6. The molecule has 0 aromatic rings. The van der Waals surface area contributed by atoms with E-state index in [-0.39, 0.29) is 26.1 Å². The second kappa shape index (κ2) is 53.2. The number of phosphoric ester groups is 1. The van der Waals surface area contributed by atoms with Gasteiger partial charge >= 0.3 is 11.9 Å². The number of hydrogen-bond donors (Lipinski definition) is 0. The lowest BCUT2D eigenvalue weighted by molar-refractivity contribution is -0.870. The van der Waals surface area contributed by atoms with Crippen molar-refractivity contribution in [2.75, 3.05) is 47.5 Å². The van der Waals surface area contributed by atoms with E-state index in [1.165, 1.54) is 0 Å². The molecule has 0 radical (unpaired) electrons. The molecule has 0 rings (SSSR count). The summed E-state index contributed by atoms with van der Waals surface area (Å²) in [4.78, 5) is 37.8. The van der Waals surface area contributed by atoms with E-state index in [0.29, 0.717) is 23.9 Å². The van der Waals surface area contributed by atoms with E-state index in [9.17, 15) is 19.0 Å². The minimum atomic E-state index is -4.67. The smallest absolute Gasteiger partial charge is 0.306 e. The molecule has 74 heavy (non-hydrogen) atoms. The molecule has 0 aromatic heterocycles. The third-order valence-corrected chi connectivity index (χ3v) is 11.7. The molecular weight excluding hydrogens is 942 g/mol. The molecule has 2 atom stereocenters. The quantitative estimate of drug-likeness (QED) is 0.0195. The molecule has 0 bridgehead atoms. The molecule has 0 saturated heterocycles. The predicted octanol–water partition coefficient (Wildman–Crippen LogP) is 16.8. The van der Waals surface area contributed by atoms with Crippen LogP contribution in [0, 0.1) is 0 Å². The summed E-state index contributed by atoms with van der Waals surface area (Å²) in [5, 5.41) is 0. The standard InChI is InChI=1S/C64H100NO8P/c1-6-8-10-12-14-16-18-20-22-24-26-27-28-29-30-31-32-33-34-35-36-37-39-41-43-45-47-49-51-53-55-57-64(67)73-62(61-72-74(68,69)71-59-58-65(3,4)5)60-70-63(66)56-54-52-50-48-46-44-42-40-38-25-23-21-19-17-15-13-11-9-7-2/h8-11,14-17,20-23,26-27,29-30,32-33,35-36,38-41,44-47,62H,6-7,12-13,18-19,24-25,28,31,34,37,42-43,48-61H2,1-5H3/b10-8-,11-9-,16-14-,17-15-,22-20-,23-21-,27-26-,30-29-,33-32-,36-35-,40-38-,41-39-,46-44-,47-45-. The van der Waals surface area contributed by atoms with E-state index >= 15 is 0 Å². The van der Waals surface area contributed by atoms with Crippen LogP contribution < -0.4 is 4.89 Å². The minimum Gasteiger partial charge on any atom is -0.756 e. The Labute approximate surface area is 451 Å². The van der Waals surface area contributed by atoms with Gasteiger partial charge in [-0.05, 0) is 128 Å². The first-order valence-corrected chi connectivity index (χ1v) is 29.3. The van der Waals surface area contributed by atoms with Gasteiger partial charge < -0.3 is 27.9 Å². The molecule has 0 amide bonds. The largest absolute Gasteiger partial charge is 0.756 e. The van der Waals surface area contributed by atoms with Crippen LogP contribution >= 0.6 is 7.82 Å². The number of esters is 2. The van der Waals surface area contributed by atoms with Gasteiger partial charge in [0.25, 0.3) is 7.82 Å². The second-order valence-corrected chi connectivity index (χ2v) is 20.2. The summed E-state index contributed by atoms with van der Waals surface area (Å²) in [6, 6.07) is 0. The van der Waals surface area contributed by atoms with Gasteiger partial charge in [0.05, 0.1) is 27.7 Å². The van der Waals surface area contributed by atoms with Gasteiger partial charge in [-0.1, -0.05) is 197 Å². The average Bonchev–Trinajstić information content (AvgIpc) is 3.36. The Bertz CT molecular complexity index is 1850. The third kappa shape index (κ3) is 56.7. The highest BCUT2D eigenvalue weighted by Crippen LogP contribution is 2.38. The topological polar surface area (TPSA) is 111 Å². The van der Waals surface area contributed by atoms with Crippen molar-refractivity contribution in [3.05, 3.63) is 170 Å². The maximum atomic E-state index is 12.8. The summed E-state index contributed by atoms with van der Waals surface area (Å²) in [6.07, 6.45) is 81.1. The summed E-state index contributed by atoms with van der Waals surface area (Å²) < 4.78 is 34.0. The van der Waals surface area contributed by atoms with Gasteiger partial charge in [0, 0.05) is 12.8 Å². The van der Waals surface area contributed by atoms with Crippen LogP contribution in [0.2, 0.25) is 0 Å². The van der Waals surface area contributed by atoms with E-state index in [1.54, 1.807) is 0 Å². The van der Waals surface area contributed by atoms with Crippen molar-refractivity contribution in [3.63, 3.8) is 0 Å². The van der Waals surface area contributed by atoms with E-state index in [0.717, 1.165) is 128 Å². The van der Waals surface area contributed by atoms with Gasteiger partial charge in [0.15, 0.2) is 6.10 Å². The fourth-order valence-electron chi connectivity index (χ4n) is 6.50. The van der Waals surface area contributed by atoms with E-state index < -0.39 is 32.5 Å². The number of carbonyl (C=O) groups excluding carboxylic acids is 2. The van der Waals surface area contributed by atoms with Crippen molar-refractivity contribution in [2.45, 2.75) is 174 Å². The Hall–Kier alpha value is -4.63. The lowest BCUT2D eigenvalue weighted by Gasteiger charge is -2.28. The first kappa shape index (κ1) is 69.4. The molecule has 10 heteroatoms. The number of allylic oxidation sites excluding steroid dienone is 28. The van der Waals surface area contributed by atoms with Gasteiger partial charge in [-0.3, -0.25) is 14.2 Å². The Morgan fingerprint density at radius 2 is 0.730 bits per heavy atom. The number of unbranched alkanes of at least 4 members (excludes halogenated alkanes) is 6. The fourth-order valence-corrected chi connectivity index (χ4v) is 7.22. The first-order chi connectivity index (χ1) is 36.0. The Balaban J connectivity index is 4.38. The molecule has 414 valence electrons. The number of nitrogens with zero attached hydrogens (tertiary/aromatic N) is 1. The van der Waals surface area contributed by atoms with Gasteiger partial charge in [-0.25, -0.2) is 0 Å². The summed E-state index contributed by atoms with van der Waals surface area (Å²) >= 11 is 0. The minimum absolute atomic E-state index is 0.0544. The zero-order valence-electron chi connectivity index (χ0n) is 46.7. The number of phosphoric acid groups is 1. The molecule has 0 fully saturated rings. The van der Waals surface area contributed by atoms with Gasteiger partial charge in [0.2, 0.25) is 0 Å². The van der Waals surface area contributed by atoms with Gasteiger partial charge in [-0.15, -0.1) is 0 Å². The van der Waals surface area contributed by atoms with Crippen molar-refractivity contribution < 1.29 is 42.1 Å². The molecule has 0 aromatic carbocycles. The fraction of sp³-hybridized carbons (Fsp3) is 0.531. The monoisotopic (exact) mass is 1040 g/mol. The van der Waals surface area contributed by atoms with Crippen molar-refractivity contribution in [1.29, 1.82) is 0 Å². The molecule has 0 N–H and O–H groups in total. The molecule has 0 aliphatic heterocycles. The van der Waals surface area contributed by atoms with E-state index in [2.05, 4.69) is 184 Å². The molecular formula is C64H100NO8P. The van der Waals surface area contributed by atoms with Crippen molar-refractivity contribution >= 4 is 19.8 Å². The molecule has 0 spiro atoms. The molecule has 0 heterocycles. The predicted molar refractivity (Wildman–Crippen MR) is 313 cm³/mol. The van der Waals surface area contributed by atoms with Crippen molar-refractivity contribution in [1.82, 2.24) is 0 Å². The van der Waals surface area contributed by atoms with Gasteiger partial charge in [0.1, 0.15) is 19.8 Å². The van der Waals surface area contributed by atoms with Crippen LogP contribution in [0.1, 0.15) is 168 Å². The third-order valence-electron chi connectivity index (χ3n) is 10.7. The molecule has 2 unspecified atom stereocenters. The maximum Gasteiger partial charge on any atom is 0.306 e. The zero-order valence-corrected chi connectivity index (χ0v) is 47.6.